The van der Waals surface area contributed by atoms with Crippen LogP contribution in [0.2, 0.25) is 0 Å². The van der Waals surface area contributed by atoms with Crippen molar-refractivity contribution in [3.8, 4) is 0 Å². The molecule has 2 saturated heterocycles. The van der Waals surface area contributed by atoms with Crippen LogP contribution in [0.15, 0.2) is 22.7 Å². The molecule has 130 valence electrons. The van der Waals surface area contributed by atoms with Crippen molar-refractivity contribution >= 4 is 21.7 Å². The summed E-state index contributed by atoms with van der Waals surface area (Å²) in [6.07, 6.45) is 5.77. The molecule has 3 aliphatic rings. The Balaban J connectivity index is 1.73. The number of halogens is 1. The number of carbonyl (C=O) groups excluding carboxylic acids is 1. The third-order valence-electron chi connectivity index (χ3n) is 6.14. The number of aryl methyl sites for hydroxylation is 1. The van der Waals surface area contributed by atoms with E-state index in [1.807, 2.05) is 19.9 Å². The van der Waals surface area contributed by atoms with Crippen molar-refractivity contribution in [2.45, 2.75) is 82.2 Å². The fraction of sp³-hybridized carbons (Fsp3) is 0.650. The maximum absolute atomic E-state index is 13.5. The van der Waals surface area contributed by atoms with Gasteiger partial charge in [0.2, 0.25) is 5.78 Å². The van der Waals surface area contributed by atoms with E-state index in [9.17, 15) is 4.79 Å². The summed E-state index contributed by atoms with van der Waals surface area (Å²) in [6, 6.07) is 6.26. The first-order chi connectivity index (χ1) is 11.4. The molecular weight excluding hydrogens is 368 g/mol. The van der Waals surface area contributed by atoms with Crippen LogP contribution >= 0.6 is 15.9 Å². The van der Waals surface area contributed by atoms with Crippen molar-refractivity contribution in [1.29, 1.82) is 0 Å². The predicted octanol–water partition coefficient (Wildman–Crippen LogP) is 4.90. The molecule has 4 heteroatoms. The quantitative estimate of drug-likeness (QED) is 0.671. The molecule has 3 nitrogen and oxygen atoms in total. The Morgan fingerprint density at radius 1 is 1.21 bits per heavy atom. The second-order valence-corrected chi connectivity index (χ2v) is 8.84. The van der Waals surface area contributed by atoms with E-state index >= 15 is 0 Å². The molecule has 1 aromatic carbocycles. The van der Waals surface area contributed by atoms with Gasteiger partial charge >= 0.3 is 0 Å². The van der Waals surface area contributed by atoms with Crippen LogP contribution in [0.25, 0.3) is 0 Å². The summed E-state index contributed by atoms with van der Waals surface area (Å²) in [6.45, 7) is 6.19. The highest BCUT2D eigenvalue weighted by Crippen LogP contribution is 2.65. The molecule has 2 heterocycles. The van der Waals surface area contributed by atoms with Crippen molar-refractivity contribution in [2.75, 3.05) is 0 Å². The maximum Gasteiger partial charge on any atom is 0.202 e. The van der Waals surface area contributed by atoms with Crippen LogP contribution in [0.5, 0.6) is 0 Å². The van der Waals surface area contributed by atoms with Crippen LogP contribution in [-0.4, -0.2) is 22.6 Å². The van der Waals surface area contributed by atoms with Crippen molar-refractivity contribution in [3.63, 3.8) is 0 Å². The highest BCUT2D eigenvalue weighted by atomic mass is 79.9. The zero-order valence-corrected chi connectivity index (χ0v) is 16.2. The van der Waals surface area contributed by atoms with Gasteiger partial charge in [-0.25, -0.2) is 0 Å². The van der Waals surface area contributed by atoms with Crippen molar-refractivity contribution < 1.29 is 14.3 Å². The summed E-state index contributed by atoms with van der Waals surface area (Å²) in [5, 5.41) is 0. The van der Waals surface area contributed by atoms with E-state index in [1.54, 1.807) is 0 Å². The molecule has 2 aliphatic heterocycles. The molecule has 1 unspecified atom stereocenters. The molecule has 1 aliphatic carbocycles. The van der Waals surface area contributed by atoms with Gasteiger partial charge in [-0.2, -0.15) is 0 Å². The molecular formula is C20H25BrO3. The number of rotatable bonds is 2. The lowest BCUT2D eigenvalue weighted by molar-refractivity contribution is -0.143. The minimum absolute atomic E-state index is 0.177. The number of hydrogen-bond acceptors (Lipinski definition) is 3. The fourth-order valence-corrected chi connectivity index (χ4v) is 5.28. The second-order valence-electron chi connectivity index (χ2n) is 7.93. The first-order valence-corrected chi connectivity index (χ1v) is 9.87. The first-order valence-electron chi connectivity index (χ1n) is 9.07. The van der Waals surface area contributed by atoms with Gasteiger partial charge in [0.1, 0.15) is 17.3 Å². The Morgan fingerprint density at radius 2 is 1.92 bits per heavy atom. The molecule has 1 saturated carbocycles. The number of hydrogen-bond donors (Lipinski definition) is 0. The van der Waals surface area contributed by atoms with Gasteiger partial charge in [-0.3, -0.25) is 4.79 Å². The molecule has 1 aromatic rings. The molecule has 24 heavy (non-hydrogen) atoms. The Labute approximate surface area is 152 Å². The highest BCUT2D eigenvalue weighted by molar-refractivity contribution is 9.10. The third-order valence-corrected chi connectivity index (χ3v) is 6.63. The minimum atomic E-state index is -0.803. The third kappa shape index (κ3) is 2.12. The molecule has 0 N–H and O–H groups in total. The average Bonchev–Trinajstić information content (AvgIpc) is 3.28. The number of epoxide rings is 1. The van der Waals surface area contributed by atoms with Crippen molar-refractivity contribution in [3.05, 3.63) is 33.8 Å². The molecule has 0 aromatic heterocycles. The molecule has 2 spiro atoms. The van der Waals surface area contributed by atoms with Crippen molar-refractivity contribution in [2.24, 2.45) is 0 Å². The molecule has 2 atom stereocenters. The number of ketones is 1. The van der Waals surface area contributed by atoms with Gasteiger partial charge in [-0.05, 0) is 56.4 Å². The van der Waals surface area contributed by atoms with Crippen LogP contribution in [0.1, 0.15) is 70.1 Å². The summed E-state index contributed by atoms with van der Waals surface area (Å²) in [5.74, 6) is 0.190. The van der Waals surface area contributed by atoms with Gasteiger partial charge in [0.05, 0.1) is 0 Å². The van der Waals surface area contributed by atoms with Gasteiger partial charge in [0.25, 0.3) is 0 Å². The van der Waals surface area contributed by atoms with Crippen molar-refractivity contribution in [1.82, 2.24) is 0 Å². The SMILES string of the molecule is CCc1cc(Br)ccc1[C@H]1OC12C(=O)C1(CCCCC1)OC2(C)C. The monoisotopic (exact) mass is 392 g/mol. The summed E-state index contributed by atoms with van der Waals surface area (Å²) >= 11 is 3.54. The second kappa shape index (κ2) is 5.39. The van der Waals surface area contributed by atoms with Gasteiger partial charge in [0.15, 0.2) is 5.60 Å². The van der Waals surface area contributed by atoms with E-state index in [4.69, 9.17) is 9.47 Å². The number of carbonyl (C=O) groups is 1. The zero-order chi connectivity index (χ0) is 17.2. The van der Waals surface area contributed by atoms with E-state index in [0.717, 1.165) is 42.1 Å². The van der Waals surface area contributed by atoms with Gasteiger partial charge in [-0.1, -0.05) is 48.2 Å². The van der Waals surface area contributed by atoms with Gasteiger partial charge < -0.3 is 9.47 Å². The van der Waals surface area contributed by atoms with E-state index < -0.39 is 16.8 Å². The first kappa shape index (κ1) is 16.7. The Hall–Kier alpha value is -0.710. The van der Waals surface area contributed by atoms with Crippen LogP contribution in [0, 0.1) is 0 Å². The number of benzene rings is 1. The fourth-order valence-electron chi connectivity index (χ4n) is 4.88. The lowest BCUT2D eigenvalue weighted by Gasteiger charge is -2.32. The van der Waals surface area contributed by atoms with E-state index in [0.29, 0.717) is 0 Å². The minimum Gasteiger partial charge on any atom is -0.358 e. The average molecular weight is 393 g/mol. The van der Waals surface area contributed by atoms with Gasteiger partial charge in [0, 0.05) is 4.47 Å². The maximum atomic E-state index is 13.5. The zero-order valence-electron chi connectivity index (χ0n) is 14.7. The molecule has 4 rings (SSSR count). The van der Waals surface area contributed by atoms with Crippen LogP contribution in [-0.2, 0) is 20.7 Å². The highest BCUT2D eigenvalue weighted by Gasteiger charge is 2.80. The van der Waals surface area contributed by atoms with E-state index in [2.05, 4.69) is 35.0 Å². The molecule has 3 fully saturated rings. The number of ether oxygens (including phenoxy) is 2. The number of Topliss-reactive ketones (excluding diaryl/α,β-unsaturated/α-hetero) is 1. The lowest BCUT2D eigenvalue weighted by Crippen LogP contribution is -2.43. The molecule has 0 amide bonds. The normalized spacial score (nSPS) is 33.3. The summed E-state index contributed by atoms with van der Waals surface area (Å²) in [7, 11) is 0. The topological polar surface area (TPSA) is 38.8 Å². The summed E-state index contributed by atoms with van der Waals surface area (Å²) in [4.78, 5) is 13.5. The smallest absolute Gasteiger partial charge is 0.202 e. The standard InChI is InChI=1S/C20H25BrO3/c1-4-13-12-14(21)8-9-15(13)16-20(23-16)17(22)19(24-18(20,2)3)10-6-5-7-11-19/h8-9,12,16H,4-7,10-11H2,1-3H3/t16-,20?/m1/s1. The Bertz CT molecular complexity index is 690. The van der Waals surface area contributed by atoms with E-state index in [-0.39, 0.29) is 11.9 Å². The van der Waals surface area contributed by atoms with Gasteiger partial charge in [-0.15, -0.1) is 0 Å². The summed E-state index contributed by atoms with van der Waals surface area (Å²) < 4.78 is 13.7. The lowest BCUT2D eigenvalue weighted by atomic mass is 9.75. The molecule has 0 radical (unpaired) electrons. The Kier molecular flexibility index (Phi) is 3.76. The Morgan fingerprint density at radius 3 is 2.58 bits per heavy atom. The predicted molar refractivity (Wildman–Crippen MR) is 96.1 cm³/mol. The summed E-state index contributed by atoms with van der Waals surface area (Å²) in [5.41, 5.74) is 0.378. The molecule has 0 bridgehead atoms. The largest absolute Gasteiger partial charge is 0.358 e. The van der Waals surface area contributed by atoms with E-state index in [1.165, 1.54) is 12.0 Å². The van der Waals surface area contributed by atoms with Crippen LogP contribution < -0.4 is 0 Å². The van der Waals surface area contributed by atoms with Crippen LogP contribution in [0.3, 0.4) is 0 Å². The van der Waals surface area contributed by atoms with Crippen LogP contribution in [0.4, 0.5) is 0 Å².